The van der Waals surface area contributed by atoms with E-state index in [0.29, 0.717) is 6.42 Å². The minimum Gasteiger partial charge on any atom is -0.473 e. The molecule has 0 aliphatic carbocycles. The first-order valence-corrected chi connectivity index (χ1v) is 7.07. The SMILES string of the molecule is CCC(N)(CC)CCP(=O)(O)O.O=C(O)C(=O)O. The third kappa shape index (κ3) is 11.5. The van der Waals surface area contributed by atoms with Gasteiger partial charge in [-0.25, -0.2) is 9.59 Å². The first kappa shape index (κ1) is 19.4. The Kier molecular flexibility index (Phi) is 8.84. The lowest BCUT2D eigenvalue weighted by atomic mass is 9.91. The molecule has 0 amide bonds. The molecular weight excluding hydrogens is 265 g/mol. The third-order valence-corrected chi connectivity index (χ3v) is 3.30. The van der Waals surface area contributed by atoms with Crippen molar-refractivity contribution in [3.63, 3.8) is 0 Å². The summed E-state index contributed by atoms with van der Waals surface area (Å²) in [6, 6.07) is 0. The average molecular weight is 285 g/mol. The maximum Gasteiger partial charge on any atom is 0.414 e. The Balaban J connectivity index is 0. The van der Waals surface area contributed by atoms with Crippen molar-refractivity contribution in [2.75, 3.05) is 6.16 Å². The summed E-state index contributed by atoms with van der Waals surface area (Å²) in [6.07, 6.45) is 1.79. The molecule has 108 valence electrons. The number of carbonyl (C=O) groups is 2. The van der Waals surface area contributed by atoms with Crippen LogP contribution in [0.15, 0.2) is 0 Å². The summed E-state index contributed by atoms with van der Waals surface area (Å²) in [5.41, 5.74) is 5.46. The first-order chi connectivity index (χ1) is 7.97. The van der Waals surface area contributed by atoms with Crippen LogP contribution >= 0.6 is 7.60 Å². The molecule has 0 aromatic rings. The van der Waals surface area contributed by atoms with Crippen LogP contribution in [0.1, 0.15) is 33.1 Å². The lowest BCUT2D eigenvalue weighted by molar-refractivity contribution is -0.159. The zero-order valence-electron chi connectivity index (χ0n) is 10.4. The monoisotopic (exact) mass is 285 g/mol. The molecule has 18 heavy (non-hydrogen) atoms. The Labute approximate surface area is 105 Å². The zero-order valence-corrected chi connectivity index (χ0v) is 11.3. The first-order valence-electron chi connectivity index (χ1n) is 5.27. The van der Waals surface area contributed by atoms with Gasteiger partial charge in [0.25, 0.3) is 0 Å². The fourth-order valence-corrected chi connectivity index (χ4v) is 1.71. The second-order valence-electron chi connectivity index (χ2n) is 3.82. The van der Waals surface area contributed by atoms with Gasteiger partial charge in [-0.05, 0) is 19.3 Å². The molecule has 0 aromatic heterocycles. The molecule has 0 heterocycles. The van der Waals surface area contributed by atoms with Crippen molar-refractivity contribution in [1.29, 1.82) is 0 Å². The van der Waals surface area contributed by atoms with Gasteiger partial charge in [-0.15, -0.1) is 0 Å². The van der Waals surface area contributed by atoms with E-state index in [1.165, 1.54) is 0 Å². The van der Waals surface area contributed by atoms with Crippen molar-refractivity contribution >= 4 is 19.5 Å². The molecule has 0 bridgehead atoms. The lowest BCUT2D eigenvalue weighted by Crippen LogP contribution is -2.39. The summed E-state index contributed by atoms with van der Waals surface area (Å²) in [5.74, 6) is -3.65. The van der Waals surface area contributed by atoms with Crippen molar-refractivity contribution < 1.29 is 34.2 Å². The summed E-state index contributed by atoms with van der Waals surface area (Å²) in [6.45, 7) is 3.87. The van der Waals surface area contributed by atoms with Gasteiger partial charge in [-0.1, -0.05) is 13.8 Å². The predicted molar refractivity (Wildman–Crippen MR) is 64.3 cm³/mol. The van der Waals surface area contributed by atoms with Crippen LogP contribution in [-0.2, 0) is 14.2 Å². The van der Waals surface area contributed by atoms with Gasteiger partial charge in [0.2, 0.25) is 0 Å². The quantitative estimate of drug-likeness (QED) is 0.354. The van der Waals surface area contributed by atoms with Crippen LogP contribution in [0.2, 0.25) is 0 Å². The van der Waals surface area contributed by atoms with E-state index in [9.17, 15) is 4.57 Å². The van der Waals surface area contributed by atoms with Crippen molar-refractivity contribution in [3.05, 3.63) is 0 Å². The molecule has 0 saturated heterocycles. The van der Waals surface area contributed by atoms with E-state index >= 15 is 0 Å². The highest BCUT2D eigenvalue weighted by Gasteiger charge is 2.24. The molecular formula is C9H20NO7P. The maximum absolute atomic E-state index is 10.5. The Hall–Kier alpha value is -0.950. The van der Waals surface area contributed by atoms with Gasteiger partial charge in [0.1, 0.15) is 0 Å². The fourth-order valence-electron chi connectivity index (χ4n) is 0.972. The highest BCUT2D eigenvalue weighted by molar-refractivity contribution is 7.51. The second-order valence-corrected chi connectivity index (χ2v) is 5.59. The van der Waals surface area contributed by atoms with Crippen LogP contribution in [0, 0.1) is 0 Å². The van der Waals surface area contributed by atoms with Gasteiger partial charge in [0.15, 0.2) is 0 Å². The molecule has 0 rings (SSSR count). The summed E-state index contributed by atoms with van der Waals surface area (Å²) in [5, 5.41) is 14.8. The largest absolute Gasteiger partial charge is 0.473 e. The van der Waals surface area contributed by atoms with E-state index in [1.807, 2.05) is 13.8 Å². The van der Waals surface area contributed by atoms with Gasteiger partial charge in [-0.2, -0.15) is 0 Å². The summed E-state index contributed by atoms with van der Waals surface area (Å²) in [4.78, 5) is 35.5. The van der Waals surface area contributed by atoms with Crippen LogP contribution in [0.4, 0.5) is 0 Å². The topological polar surface area (TPSA) is 158 Å². The molecule has 0 aliphatic rings. The Morgan fingerprint density at radius 2 is 1.44 bits per heavy atom. The molecule has 6 N–H and O–H groups in total. The molecule has 0 aliphatic heterocycles. The molecule has 0 atom stereocenters. The Bertz CT molecular complexity index is 309. The number of aliphatic carboxylic acids is 2. The normalized spacial score (nSPS) is 11.4. The van der Waals surface area contributed by atoms with Crippen LogP contribution in [0.5, 0.6) is 0 Å². The zero-order chi connectivity index (χ0) is 15.0. The minimum atomic E-state index is -3.87. The molecule has 9 heteroatoms. The van der Waals surface area contributed by atoms with Gasteiger partial charge in [0, 0.05) is 5.54 Å². The highest BCUT2D eigenvalue weighted by atomic mass is 31.2. The van der Waals surface area contributed by atoms with Crippen LogP contribution in [0.3, 0.4) is 0 Å². The van der Waals surface area contributed by atoms with Crippen LogP contribution in [0.25, 0.3) is 0 Å². The van der Waals surface area contributed by atoms with E-state index in [1.54, 1.807) is 0 Å². The second kappa shape index (κ2) is 8.20. The van der Waals surface area contributed by atoms with Crippen molar-refractivity contribution in [3.8, 4) is 0 Å². The van der Waals surface area contributed by atoms with E-state index in [0.717, 1.165) is 12.8 Å². The van der Waals surface area contributed by atoms with E-state index in [2.05, 4.69) is 0 Å². The number of carboxylic acid groups (broad SMARTS) is 2. The average Bonchev–Trinajstić information content (AvgIpc) is 2.25. The number of hydrogen-bond donors (Lipinski definition) is 5. The molecule has 0 spiro atoms. The number of carboxylic acids is 2. The Morgan fingerprint density at radius 3 is 1.61 bits per heavy atom. The van der Waals surface area contributed by atoms with Crippen LogP contribution in [-0.4, -0.2) is 43.6 Å². The van der Waals surface area contributed by atoms with Gasteiger partial charge >= 0.3 is 19.5 Å². The predicted octanol–water partition coefficient (Wildman–Crippen LogP) is 0.227. The van der Waals surface area contributed by atoms with Gasteiger partial charge < -0.3 is 25.7 Å². The smallest absolute Gasteiger partial charge is 0.414 e. The van der Waals surface area contributed by atoms with Crippen molar-refractivity contribution in [2.45, 2.75) is 38.6 Å². The standard InChI is InChI=1S/C7H18NO3P.C2H2O4/c1-3-7(8,4-2)5-6-12(9,10)11;3-1(4)2(5)6/h3-6,8H2,1-2H3,(H2,9,10,11);(H,3,4)(H,5,6). The molecule has 0 fully saturated rings. The van der Waals surface area contributed by atoms with Gasteiger partial charge in [-0.3, -0.25) is 4.57 Å². The number of hydrogen-bond acceptors (Lipinski definition) is 4. The molecule has 0 saturated carbocycles. The molecule has 0 radical (unpaired) electrons. The molecule has 0 aromatic carbocycles. The van der Waals surface area contributed by atoms with E-state index < -0.39 is 25.1 Å². The van der Waals surface area contributed by atoms with Crippen molar-refractivity contribution in [2.24, 2.45) is 5.73 Å². The molecule has 0 unspecified atom stereocenters. The summed E-state index contributed by atoms with van der Waals surface area (Å²) < 4.78 is 10.5. The fraction of sp³-hybridized carbons (Fsp3) is 0.778. The lowest BCUT2D eigenvalue weighted by Gasteiger charge is -2.26. The van der Waals surface area contributed by atoms with E-state index in [4.69, 9.17) is 35.3 Å². The minimum absolute atomic E-state index is 0.106. The summed E-state index contributed by atoms with van der Waals surface area (Å²) >= 11 is 0. The van der Waals surface area contributed by atoms with Crippen molar-refractivity contribution in [1.82, 2.24) is 0 Å². The maximum atomic E-state index is 10.5. The molecule has 8 nitrogen and oxygen atoms in total. The summed E-state index contributed by atoms with van der Waals surface area (Å²) in [7, 11) is -3.87. The Morgan fingerprint density at radius 1 is 1.11 bits per heavy atom. The third-order valence-electron chi connectivity index (χ3n) is 2.49. The number of rotatable bonds is 5. The van der Waals surface area contributed by atoms with Crippen LogP contribution < -0.4 is 5.73 Å². The highest BCUT2D eigenvalue weighted by Crippen LogP contribution is 2.37. The van der Waals surface area contributed by atoms with E-state index in [-0.39, 0.29) is 6.16 Å². The number of nitrogens with two attached hydrogens (primary N) is 1. The van der Waals surface area contributed by atoms with Gasteiger partial charge in [0.05, 0.1) is 6.16 Å².